The van der Waals surface area contributed by atoms with Gasteiger partial charge in [-0.1, -0.05) is 18.2 Å². The lowest BCUT2D eigenvalue weighted by Gasteiger charge is -2.21. The van der Waals surface area contributed by atoms with Crippen LogP contribution in [-0.2, 0) is 24.3 Å². The Bertz CT molecular complexity index is 920. The lowest BCUT2D eigenvalue weighted by Crippen LogP contribution is -2.31. The molecule has 27 heavy (non-hydrogen) atoms. The zero-order valence-corrected chi connectivity index (χ0v) is 15.6. The van der Waals surface area contributed by atoms with Gasteiger partial charge in [-0.15, -0.1) is 11.3 Å². The van der Waals surface area contributed by atoms with Crippen LogP contribution < -0.4 is 0 Å². The van der Waals surface area contributed by atoms with Gasteiger partial charge in [0.1, 0.15) is 5.76 Å². The van der Waals surface area contributed by atoms with Crippen LogP contribution in [0.2, 0.25) is 0 Å². The van der Waals surface area contributed by atoms with Gasteiger partial charge in [-0.25, -0.2) is 0 Å². The van der Waals surface area contributed by atoms with Gasteiger partial charge in [0.15, 0.2) is 0 Å². The van der Waals surface area contributed by atoms with E-state index in [4.69, 9.17) is 4.42 Å². The molecular weight excluding hydrogens is 356 g/mol. The summed E-state index contributed by atoms with van der Waals surface area (Å²) in [4.78, 5) is 16.0. The lowest BCUT2D eigenvalue weighted by atomic mass is 10.1. The van der Waals surface area contributed by atoms with Gasteiger partial charge in [-0.05, 0) is 53.4 Å². The SMILES string of the molecule is O=C(Cc1ccc(-n2cccc2)cc1)N(Cc1ccco1)Cc1cccs1. The normalized spacial score (nSPS) is 10.8. The highest BCUT2D eigenvalue weighted by molar-refractivity contribution is 7.09. The van der Waals surface area contributed by atoms with Gasteiger partial charge < -0.3 is 13.9 Å². The van der Waals surface area contributed by atoms with Gasteiger partial charge in [0.2, 0.25) is 5.91 Å². The topological polar surface area (TPSA) is 38.4 Å². The van der Waals surface area contributed by atoms with Gasteiger partial charge in [-0.3, -0.25) is 4.79 Å². The van der Waals surface area contributed by atoms with Crippen molar-refractivity contribution in [2.24, 2.45) is 0 Å². The monoisotopic (exact) mass is 376 g/mol. The number of thiophene rings is 1. The Morgan fingerprint density at radius 2 is 1.78 bits per heavy atom. The van der Waals surface area contributed by atoms with Crippen LogP contribution in [0, 0.1) is 0 Å². The number of hydrogen-bond acceptors (Lipinski definition) is 3. The zero-order valence-electron chi connectivity index (χ0n) is 14.8. The molecule has 3 heterocycles. The van der Waals surface area contributed by atoms with Crippen LogP contribution in [-0.4, -0.2) is 15.4 Å². The van der Waals surface area contributed by atoms with Crippen LogP contribution in [0.25, 0.3) is 5.69 Å². The third-order valence-corrected chi connectivity index (χ3v) is 5.26. The molecule has 3 aromatic heterocycles. The first-order valence-corrected chi connectivity index (χ1v) is 9.71. The Hall–Kier alpha value is -3.05. The number of carbonyl (C=O) groups excluding carboxylic acids is 1. The summed E-state index contributed by atoms with van der Waals surface area (Å²) in [7, 11) is 0. The highest BCUT2D eigenvalue weighted by atomic mass is 32.1. The van der Waals surface area contributed by atoms with Crippen LogP contribution in [0.1, 0.15) is 16.2 Å². The minimum absolute atomic E-state index is 0.0912. The fourth-order valence-electron chi connectivity index (χ4n) is 2.99. The molecule has 1 amide bonds. The number of amides is 1. The van der Waals surface area contributed by atoms with Crippen LogP contribution in [0.15, 0.2) is 89.1 Å². The molecule has 0 unspecified atom stereocenters. The van der Waals surface area contributed by atoms with E-state index in [-0.39, 0.29) is 5.91 Å². The van der Waals surface area contributed by atoms with Crippen molar-refractivity contribution in [1.29, 1.82) is 0 Å². The first-order chi connectivity index (χ1) is 13.3. The first kappa shape index (κ1) is 17.4. The minimum Gasteiger partial charge on any atom is -0.467 e. The van der Waals surface area contributed by atoms with Crippen molar-refractivity contribution >= 4 is 17.2 Å². The van der Waals surface area contributed by atoms with Crippen molar-refractivity contribution < 1.29 is 9.21 Å². The summed E-state index contributed by atoms with van der Waals surface area (Å²) >= 11 is 1.66. The molecule has 136 valence electrons. The van der Waals surface area contributed by atoms with Gasteiger partial charge in [-0.2, -0.15) is 0 Å². The van der Waals surface area contributed by atoms with Crippen LogP contribution in [0.5, 0.6) is 0 Å². The number of benzene rings is 1. The van der Waals surface area contributed by atoms with Crippen molar-refractivity contribution in [2.45, 2.75) is 19.5 Å². The molecule has 1 aromatic carbocycles. The summed E-state index contributed by atoms with van der Waals surface area (Å²) in [5, 5.41) is 2.03. The molecule has 4 nitrogen and oxygen atoms in total. The number of aromatic nitrogens is 1. The lowest BCUT2D eigenvalue weighted by molar-refractivity contribution is -0.131. The molecular formula is C22H20N2O2S. The van der Waals surface area contributed by atoms with E-state index in [2.05, 4.69) is 6.07 Å². The molecule has 0 saturated carbocycles. The molecule has 4 aromatic rings. The largest absolute Gasteiger partial charge is 0.467 e. The Balaban J connectivity index is 1.47. The van der Waals surface area contributed by atoms with Crippen LogP contribution in [0.3, 0.4) is 0 Å². The summed E-state index contributed by atoms with van der Waals surface area (Å²) in [5.74, 6) is 0.886. The van der Waals surface area contributed by atoms with E-state index in [1.165, 1.54) is 0 Å². The predicted octanol–water partition coefficient (Wildman–Crippen LogP) is 4.90. The average molecular weight is 376 g/mol. The molecule has 4 rings (SSSR count). The Labute approximate surface area is 162 Å². The highest BCUT2D eigenvalue weighted by Crippen LogP contribution is 2.17. The minimum atomic E-state index is 0.0912. The summed E-state index contributed by atoms with van der Waals surface area (Å²) in [6.07, 6.45) is 6.03. The molecule has 0 radical (unpaired) electrons. The smallest absolute Gasteiger partial charge is 0.227 e. The maximum Gasteiger partial charge on any atom is 0.227 e. The number of furan rings is 1. The predicted molar refractivity (Wildman–Crippen MR) is 107 cm³/mol. The summed E-state index contributed by atoms with van der Waals surface area (Å²) in [5.41, 5.74) is 2.09. The molecule has 0 spiro atoms. The van der Waals surface area contributed by atoms with Crippen molar-refractivity contribution in [3.8, 4) is 5.69 Å². The molecule has 0 saturated heterocycles. The van der Waals surface area contributed by atoms with E-state index in [0.29, 0.717) is 19.5 Å². The van der Waals surface area contributed by atoms with Gasteiger partial charge in [0.05, 0.1) is 25.8 Å². The van der Waals surface area contributed by atoms with E-state index in [1.807, 2.05) is 81.8 Å². The van der Waals surface area contributed by atoms with Crippen molar-refractivity contribution in [2.75, 3.05) is 0 Å². The van der Waals surface area contributed by atoms with Crippen LogP contribution in [0.4, 0.5) is 0 Å². The number of rotatable bonds is 7. The number of carbonyl (C=O) groups is 1. The van der Waals surface area contributed by atoms with E-state index < -0.39 is 0 Å². The number of hydrogen-bond donors (Lipinski definition) is 0. The summed E-state index contributed by atoms with van der Waals surface area (Å²) in [6, 6.07) is 19.9. The zero-order chi connectivity index (χ0) is 18.5. The molecule has 0 fully saturated rings. The number of nitrogens with zero attached hydrogens (tertiary/aromatic N) is 2. The molecule has 0 bridgehead atoms. The summed E-state index contributed by atoms with van der Waals surface area (Å²) < 4.78 is 7.49. The van der Waals surface area contributed by atoms with Gasteiger partial charge in [0.25, 0.3) is 0 Å². The van der Waals surface area contributed by atoms with Gasteiger partial charge in [0, 0.05) is 23.0 Å². The van der Waals surface area contributed by atoms with E-state index >= 15 is 0 Å². The maximum atomic E-state index is 13.0. The molecule has 0 N–H and O–H groups in total. The van der Waals surface area contributed by atoms with E-state index in [0.717, 1.165) is 21.9 Å². The molecule has 0 aliphatic heterocycles. The second kappa shape index (κ2) is 8.10. The molecule has 5 heteroatoms. The average Bonchev–Trinajstić information content (AvgIpc) is 3.45. The standard InChI is InChI=1S/C22H20N2O2S/c25-22(15-18-7-9-19(10-8-18)23-11-1-2-12-23)24(16-20-5-3-13-26-20)17-21-6-4-14-27-21/h1-14H,15-17H2. The van der Waals surface area contributed by atoms with Crippen molar-refractivity contribution in [3.63, 3.8) is 0 Å². The second-order valence-electron chi connectivity index (χ2n) is 6.34. The maximum absolute atomic E-state index is 13.0. The van der Waals surface area contributed by atoms with E-state index in [1.54, 1.807) is 17.6 Å². The molecule has 0 aliphatic rings. The van der Waals surface area contributed by atoms with E-state index in [9.17, 15) is 4.79 Å². The fraction of sp³-hybridized carbons (Fsp3) is 0.136. The first-order valence-electron chi connectivity index (χ1n) is 8.83. The van der Waals surface area contributed by atoms with Gasteiger partial charge >= 0.3 is 0 Å². The summed E-state index contributed by atoms with van der Waals surface area (Å²) in [6.45, 7) is 1.07. The fourth-order valence-corrected chi connectivity index (χ4v) is 3.71. The Kier molecular flexibility index (Phi) is 5.21. The molecule has 0 aliphatic carbocycles. The van der Waals surface area contributed by atoms with Crippen molar-refractivity contribution in [3.05, 3.63) is 101 Å². The van der Waals surface area contributed by atoms with Crippen molar-refractivity contribution in [1.82, 2.24) is 9.47 Å². The quantitative estimate of drug-likeness (QED) is 0.460. The van der Waals surface area contributed by atoms with Crippen LogP contribution >= 0.6 is 11.3 Å². The Morgan fingerprint density at radius 1 is 0.963 bits per heavy atom. The Morgan fingerprint density at radius 3 is 2.44 bits per heavy atom. The highest BCUT2D eigenvalue weighted by Gasteiger charge is 2.17. The second-order valence-corrected chi connectivity index (χ2v) is 7.37. The third kappa shape index (κ3) is 4.38. The molecule has 0 atom stereocenters. The third-order valence-electron chi connectivity index (χ3n) is 4.40.